The van der Waals surface area contributed by atoms with Crippen LogP contribution in [0.4, 0.5) is 0 Å². The van der Waals surface area contributed by atoms with Gasteiger partial charge in [-0.2, -0.15) is 0 Å². The number of H-pyrrole nitrogens is 1. The van der Waals surface area contributed by atoms with E-state index in [0.29, 0.717) is 58.3 Å². The molecule has 0 unspecified atom stereocenters. The third-order valence-electron chi connectivity index (χ3n) is 5.80. The number of ether oxygens (including phenoxy) is 2. The summed E-state index contributed by atoms with van der Waals surface area (Å²) < 4.78 is 10.9. The van der Waals surface area contributed by atoms with Gasteiger partial charge in [-0.15, -0.1) is 0 Å². The van der Waals surface area contributed by atoms with Gasteiger partial charge in [-0.1, -0.05) is 50.9 Å². The summed E-state index contributed by atoms with van der Waals surface area (Å²) in [5.74, 6) is -0.794. The molecule has 0 aliphatic heterocycles. The first-order valence-corrected chi connectivity index (χ1v) is 12.4. The molecular formula is C24H35Cl2N3O4. The first kappa shape index (κ1) is 27.4. The van der Waals surface area contributed by atoms with E-state index in [0.717, 1.165) is 26.2 Å². The molecule has 7 nitrogen and oxygen atoms in total. The maximum atomic E-state index is 12.9. The van der Waals surface area contributed by atoms with Gasteiger partial charge in [0, 0.05) is 35.4 Å². The molecule has 0 aliphatic carbocycles. The second-order valence-electron chi connectivity index (χ2n) is 7.70. The van der Waals surface area contributed by atoms with Crippen LogP contribution in [0.15, 0.2) is 12.1 Å². The van der Waals surface area contributed by atoms with E-state index in [2.05, 4.69) is 42.5 Å². The van der Waals surface area contributed by atoms with Crippen LogP contribution in [-0.4, -0.2) is 79.2 Å². The number of nitrogens with one attached hydrogen (secondary N) is 1. The number of rotatable bonds is 14. The van der Waals surface area contributed by atoms with Crippen molar-refractivity contribution in [3.63, 3.8) is 0 Å². The Balaban J connectivity index is 2.13. The maximum Gasteiger partial charge on any atom is 0.355 e. The van der Waals surface area contributed by atoms with Gasteiger partial charge in [0.05, 0.1) is 5.02 Å². The summed E-state index contributed by atoms with van der Waals surface area (Å²) in [5.41, 5.74) is 1.57. The van der Waals surface area contributed by atoms with Crippen LogP contribution in [0.25, 0.3) is 10.9 Å². The molecule has 33 heavy (non-hydrogen) atoms. The molecule has 1 aromatic carbocycles. The Hall–Kier alpha value is -1.80. The monoisotopic (exact) mass is 499 g/mol. The molecule has 0 aliphatic rings. The molecule has 0 amide bonds. The summed E-state index contributed by atoms with van der Waals surface area (Å²) in [5, 5.41) is 1.55. The number of benzene rings is 1. The summed E-state index contributed by atoms with van der Waals surface area (Å²) in [6, 6.07) is 3.34. The van der Waals surface area contributed by atoms with Gasteiger partial charge in [0.1, 0.15) is 18.9 Å². The molecular weight excluding hydrogens is 465 g/mol. The maximum absolute atomic E-state index is 12.9. The Kier molecular flexibility index (Phi) is 11.5. The Labute approximate surface area is 206 Å². The summed E-state index contributed by atoms with van der Waals surface area (Å²) in [4.78, 5) is 32.7. The molecule has 0 saturated heterocycles. The SMILES string of the molecule is CCN(CC)CCOC(=O)CCc1c(C(=O)OCCN(CC)CC)[nH]c2cc(Cl)cc(Cl)c12. The van der Waals surface area contributed by atoms with Gasteiger partial charge in [0.25, 0.3) is 0 Å². The quantitative estimate of drug-likeness (QED) is 0.376. The van der Waals surface area contributed by atoms with E-state index >= 15 is 0 Å². The zero-order valence-electron chi connectivity index (χ0n) is 20.0. The molecule has 1 aromatic heterocycles. The number of hydrogen-bond donors (Lipinski definition) is 1. The minimum absolute atomic E-state index is 0.129. The Morgan fingerprint density at radius 2 is 1.48 bits per heavy atom. The fourth-order valence-corrected chi connectivity index (χ4v) is 4.35. The highest BCUT2D eigenvalue weighted by Gasteiger charge is 2.22. The molecule has 184 valence electrons. The molecule has 2 rings (SSSR count). The van der Waals surface area contributed by atoms with E-state index in [4.69, 9.17) is 32.7 Å². The van der Waals surface area contributed by atoms with Crippen molar-refractivity contribution < 1.29 is 19.1 Å². The lowest BCUT2D eigenvalue weighted by molar-refractivity contribution is -0.144. The number of carbonyl (C=O) groups is 2. The molecule has 0 saturated carbocycles. The average molecular weight is 500 g/mol. The van der Waals surface area contributed by atoms with Gasteiger partial charge >= 0.3 is 11.9 Å². The van der Waals surface area contributed by atoms with Crippen LogP contribution in [-0.2, 0) is 20.7 Å². The number of carbonyl (C=O) groups excluding carboxylic acids is 2. The van der Waals surface area contributed by atoms with E-state index in [1.165, 1.54) is 0 Å². The third-order valence-corrected chi connectivity index (χ3v) is 6.32. The van der Waals surface area contributed by atoms with Crippen molar-refractivity contribution in [2.75, 3.05) is 52.5 Å². The number of aryl methyl sites for hydroxylation is 1. The number of aromatic amines is 1. The van der Waals surface area contributed by atoms with Crippen LogP contribution in [0.2, 0.25) is 10.0 Å². The van der Waals surface area contributed by atoms with Gasteiger partial charge in [-0.3, -0.25) is 4.79 Å². The molecule has 1 heterocycles. The van der Waals surface area contributed by atoms with Gasteiger partial charge in [-0.05, 0) is 50.3 Å². The Morgan fingerprint density at radius 3 is 2.06 bits per heavy atom. The Bertz CT molecular complexity index is 924. The highest BCUT2D eigenvalue weighted by Crippen LogP contribution is 2.33. The first-order chi connectivity index (χ1) is 15.8. The highest BCUT2D eigenvalue weighted by atomic mass is 35.5. The van der Waals surface area contributed by atoms with Crippen molar-refractivity contribution in [3.8, 4) is 0 Å². The third kappa shape index (κ3) is 7.88. The zero-order chi connectivity index (χ0) is 24.4. The Morgan fingerprint density at radius 1 is 0.909 bits per heavy atom. The molecule has 0 atom stereocenters. The molecule has 0 fully saturated rings. The van der Waals surface area contributed by atoms with Crippen LogP contribution >= 0.6 is 23.2 Å². The van der Waals surface area contributed by atoms with Crippen molar-refractivity contribution >= 4 is 46.0 Å². The largest absolute Gasteiger partial charge is 0.464 e. The number of fused-ring (bicyclic) bond motifs is 1. The van der Waals surface area contributed by atoms with Gasteiger partial charge in [0.15, 0.2) is 0 Å². The van der Waals surface area contributed by atoms with Crippen LogP contribution in [0.5, 0.6) is 0 Å². The second-order valence-corrected chi connectivity index (χ2v) is 8.54. The van der Waals surface area contributed by atoms with Gasteiger partial charge in [-0.25, -0.2) is 4.79 Å². The summed E-state index contributed by atoms with van der Waals surface area (Å²) in [7, 11) is 0. The van der Waals surface area contributed by atoms with Crippen LogP contribution in [0.1, 0.15) is 50.2 Å². The summed E-state index contributed by atoms with van der Waals surface area (Å²) >= 11 is 12.6. The predicted molar refractivity (Wildman–Crippen MR) is 133 cm³/mol. The van der Waals surface area contributed by atoms with E-state index in [-0.39, 0.29) is 19.0 Å². The highest BCUT2D eigenvalue weighted by molar-refractivity contribution is 6.39. The van der Waals surface area contributed by atoms with Crippen LogP contribution in [0.3, 0.4) is 0 Å². The van der Waals surface area contributed by atoms with Crippen LogP contribution < -0.4 is 0 Å². The lowest BCUT2D eigenvalue weighted by atomic mass is 10.1. The minimum Gasteiger partial charge on any atom is -0.464 e. The molecule has 0 spiro atoms. The fourth-order valence-electron chi connectivity index (χ4n) is 3.75. The second kappa shape index (κ2) is 13.8. The molecule has 2 aromatic rings. The zero-order valence-corrected chi connectivity index (χ0v) is 21.5. The van der Waals surface area contributed by atoms with Gasteiger partial charge in [0.2, 0.25) is 0 Å². The average Bonchev–Trinajstić information content (AvgIpc) is 3.16. The molecule has 1 N–H and O–H groups in total. The lowest BCUT2D eigenvalue weighted by Gasteiger charge is -2.17. The van der Waals surface area contributed by atoms with E-state index in [1.54, 1.807) is 12.1 Å². The van der Waals surface area contributed by atoms with Crippen molar-refractivity contribution in [2.45, 2.75) is 40.5 Å². The smallest absolute Gasteiger partial charge is 0.355 e. The van der Waals surface area contributed by atoms with Gasteiger partial charge < -0.3 is 24.3 Å². The van der Waals surface area contributed by atoms with Crippen molar-refractivity contribution in [1.82, 2.24) is 14.8 Å². The number of nitrogens with zero attached hydrogens (tertiary/aromatic N) is 2. The number of halogens is 2. The summed E-state index contributed by atoms with van der Waals surface area (Å²) in [6.07, 6.45) is 0.426. The fraction of sp³-hybridized carbons (Fsp3) is 0.583. The lowest BCUT2D eigenvalue weighted by Crippen LogP contribution is -2.28. The normalized spacial score (nSPS) is 11.5. The number of esters is 2. The predicted octanol–water partition coefficient (Wildman–Crippen LogP) is 4.79. The van der Waals surface area contributed by atoms with Crippen molar-refractivity contribution in [3.05, 3.63) is 33.4 Å². The molecule has 0 bridgehead atoms. The van der Waals surface area contributed by atoms with Crippen LogP contribution in [0, 0.1) is 0 Å². The summed E-state index contributed by atoms with van der Waals surface area (Å²) in [6.45, 7) is 13.8. The molecule has 0 radical (unpaired) electrons. The standard InChI is InChI=1S/C24H35Cl2N3O4/c1-5-28(6-2)11-13-32-21(30)10-9-18-22-19(26)15-17(25)16-20(22)27-23(18)24(31)33-14-12-29(7-3)8-4/h15-16,27H,5-14H2,1-4H3. The molecule has 9 heteroatoms. The van der Waals surface area contributed by atoms with E-state index < -0.39 is 5.97 Å². The number of hydrogen-bond acceptors (Lipinski definition) is 6. The first-order valence-electron chi connectivity index (χ1n) is 11.6. The number of aromatic nitrogens is 1. The van der Waals surface area contributed by atoms with Crippen molar-refractivity contribution in [2.24, 2.45) is 0 Å². The number of likely N-dealkylation sites (N-methyl/N-ethyl adjacent to an activating group) is 2. The minimum atomic E-state index is -0.476. The topological polar surface area (TPSA) is 74.9 Å². The van der Waals surface area contributed by atoms with E-state index in [9.17, 15) is 9.59 Å². The van der Waals surface area contributed by atoms with E-state index in [1.807, 2.05) is 0 Å². The van der Waals surface area contributed by atoms with Crippen molar-refractivity contribution in [1.29, 1.82) is 0 Å².